The molecule has 0 bridgehead atoms. The summed E-state index contributed by atoms with van der Waals surface area (Å²) in [5.74, 6) is 1.81. The number of ether oxygens (including phenoxy) is 4. The van der Waals surface area contributed by atoms with Gasteiger partial charge in [0, 0.05) is 57.6 Å². The van der Waals surface area contributed by atoms with Crippen molar-refractivity contribution in [3.8, 4) is 23.5 Å². The molecule has 0 unspecified atom stereocenters. The number of carbonyl (C=O) groups is 3. The van der Waals surface area contributed by atoms with Crippen LogP contribution in [0.1, 0.15) is 28.4 Å². The molecule has 0 aliphatic carbocycles. The molecule has 6 heterocycles. The Labute approximate surface area is 278 Å². The highest BCUT2D eigenvalue weighted by Crippen LogP contribution is 2.24. The van der Waals surface area contributed by atoms with Gasteiger partial charge in [0.05, 0.1) is 37.4 Å². The van der Waals surface area contributed by atoms with Crippen molar-refractivity contribution < 1.29 is 33.3 Å². The summed E-state index contributed by atoms with van der Waals surface area (Å²) in [6, 6.07) is 3.35. The number of aromatic nitrogens is 6. The van der Waals surface area contributed by atoms with Crippen LogP contribution < -0.4 is 34.9 Å². The maximum absolute atomic E-state index is 11.0. The van der Waals surface area contributed by atoms with Gasteiger partial charge in [-0.1, -0.05) is 11.3 Å². The number of aldehydes is 1. The lowest BCUT2D eigenvalue weighted by atomic mass is 10.1. The van der Waals surface area contributed by atoms with Crippen LogP contribution in [-0.2, 0) is 16.1 Å². The van der Waals surface area contributed by atoms with Crippen molar-refractivity contribution in [1.82, 2.24) is 40.1 Å². The summed E-state index contributed by atoms with van der Waals surface area (Å²) in [5.41, 5.74) is 0. The highest BCUT2D eigenvalue weighted by molar-refractivity contribution is 7.17. The maximum Gasteiger partial charge on any atom is 0.223 e. The van der Waals surface area contributed by atoms with Gasteiger partial charge in [-0.15, -0.1) is 11.3 Å². The summed E-state index contributed by atoms with van der Waals surface area (Å²) in [6.07, 6.45) is 7.11. The summed E-state index contributed by atoms with van der Waals surface area (Å²) in [5, 5.41) is 9.36. The Kier molecular flexibility index (Phi) is 13.2. The van der Waals surface area contributed by atoms with E-state index in [1.165, 1.54) is 44.0 Å². The van der Waals surface area contributed by atoms with E-state index in [4.69, 9.17) is 18.9 Å². The summed E-state index contributed by atoms with van der Waals surface area (Å²) < 4.78 is 21.3. The number of hydrogen-bond donors (Lipinski definition) is 3. The maximum atomic E-state index is 11.0. The number of nitrogens with one attached hydrogen (secondary N) is 3. The van der Waals surface area contributed by atoms with Gasteiger partial charge in [0.1, 0.15) is 24.9 Å². The predicted molar refractivity (Wildman–Crippen MR) is 172 cm³/mol. The quantitative estimate of drug-likeness (QED) is 0.193. The Morgan fingerprint density at radius 2 is 1.36 bits per heavy atom. The molecule has 2 saturated heterocycles. The lowest BCUT2D eigenvalue weighted by molar-refractivity contribution is -0.115. The van der Waals surface area contributed by atoms with Gasteiger partial charge < -0.3 is 34.9 Å². The molecule has 3 N–H and O–H groups in total. The summed E-state index contributed by atoms with van der Waals surface area (Å²) in [7, 11) is 3.12. The standard InChI is InChI=1S/C14H17N5O3S.C8H11N3O2.C6H6N2O2S/c1-9(20)18-14-15-4-11(23-14)7-19-5-10(6-19)22-13-3-12(21-2)16-8-17-13;1-12-7-2-8(11-5-10-7)13-6-3-9-4-6;1-4(10)8-6-7-2-5(3-9)11-6/h3-4,8,10H,5-7H2,1-2H3,(H,15,18,20);2,5-6,9H,3-4H2,1H3;2-3H,1H3,(H,7,8,10). The zero-order chi connectivity index (χ0) is 33.6. The summed E-state index contributed by atoms with van der Waals surface area (Å²) in [6.45, 7) is 7.06. The number of methoxy groups -OCH3 is 2. The third kappa shape index (κ3) is 11.8. The van der Waals surface area contributed by atoms with Crippen LogP contribution in [0.15, 0.2) is 37.2 Å². The molecule has 2 aliphatic heterocycles. The van der Waals surface area contributed by atoms with Crippen LogP contribution in [0.3, 0.4) is 0 Å². The number of rotatable bonds is 11. The normalized spacial score (nSPS) is 14.0. The fourth-order valence-electron chi connectivity index (χ4n) is 3.77. The van der Waals surface area contributed by atoms with Crippen LogP contribution in [0.5, 0.6) is 23.5 Å². The monoisotopic (exact) mass is 686 g/mol. The Bertz CT molecular complexity index is 1610. The van der Waals surface area contributed by atoms with E-state index in [9.17, 15) is 14.4 Å². The summed E-state index contributed by atoms with van der Waals surface area (Å²) in [4.78, 5) is 59.3. The number of nitrogens with zero attached hydrogens (tertiary/aromatic N) is 7. The van der Waals surface area contributed by atoms with Crippen LogP contribution in [0.25, 0.3) is 0 Å². The first-order valence-electron chi connectivity index (χ1n) is 14.1. The first-order valence-corrected chi connectivity index (χ1v) is 15.8. The van der Waals surface area contributed by atoms with Crippen LogP contribution >= 0.6 is 22.7 Å². The predicted octanol–water partition coefficient (Wildman–Crippen LogP) is 1.91. The third-order valence-electron chi connectivity index (χ3n) is 6.03. The smallest absolute Gasteiger partial charge is 0.223 e. The van der Waals surface area contributed by atoms with Gasteiger partial charge in [0.2, 0.25) is 35.3 Å². The van der Waals surface area contributed by atoms with Crippen molar-refractivity contribution in [1.29, 1.82) is 0 Å². The molecular formula is C28H34N10O7S2. The second-order valence-corrected chi connectivity index (χ2v) is 12.0. The van der Waals surface area contributed by atoms with E-state index >= 15 is 0 Å². The van der Waals surface area contributed by atoms with Crippen molar-refractivity contribution in [3.63, 3.8) is 0 Å². The molecule has 250 valence electrons. The molecule has 4 aromatic heterocycles. The topological polar surface area (TPSA) is 205 Å². The molecule has 17 nitrogen and oxygen atoms in total. The Morgan fingerprint density at radius 1 is 0.830 bits per heavy atom. The van der Waals surface area contributed by atoms with Gasteiger partial charge in [0.15, 0.2) is 16.5 Å². The molecule has 0 radical (unpaired) electrons. The van der Waals surface area contributed by atoms with Gasteiger partial charge in [0.25, 0.3) is 0 Å². The molecule has 19 heteroatoms. The van der Waals surface area contributed by atoms with Gasteiger partial charge >= 0.3 is 0 Å². The van der Waals surface area contributed by atoms with Gasteiger partial charge in [-0.2, -0.15) is 0 Å². The van der Waals surface area contributed by atoms with E-state index in [1.54, 1.807) is 32.5 Å². The molecule has 0 saturated carbocycles. The third-order valence-corrected chi connectivity index (χ3v) is 7.77. The van der Waals surface area contributed by atoms with E-state index in [1.807, 2.05) is 0 Å². The highest BCUT2D eigenvalue weighted by Gasteiger charge is 2.29. The molecule has 2 fully saturated rings. The zero-order valence-electron chi connectivity index (χ0n) is 26.0. The summed E-state index contributed by atoms with van der Waals surface area (Å²) >= 11 is 2.64. The Morgan fingerprint density at radius 3 is 1.85 bits per heavy atom. The van der Waals surface area contributed by atoms with Crippen molar-refractivity contribution in [2.75, 3.05) is 51.0 Å². The minimum absolute atomic E-state index is 0.108. The minimum Gasteiger partial charge on any atom is -0.481 e. The fraction of sp³-hybridized carbons (Fsp3) is 0.393. The van der Waals surface area contributed by atoms with Crippen LogP contribution in [0.2, 0.25) is 0 Å². The van der Waals surface area contributed by atoms with Gasteiger partial charge in [-0.05, 0) is 0 Å². The van der Waals surface area contributed by atoms with E-state index in [0.717, 1.165) is 48.9 Å². The highest BCUT2D eigenvalue weighted by atomic mass is 32.1. The number of thiazole rings is 2. The average Bonchev–Trinajstić information content (AvgIpc) is 3.67. The fourth-order valence-corrected chi connectivity index (χ4v) is 5.35. The van der Waals surface area contributed by atoms with E-state index in [0.29, 0.717) is 44.9 Å². The van der Waals surface area contributed by atoms with E-state index < -0.39 is 0 Å². The molecular weight excluding hydrogens is 653 g/mol. The van der Waals surface area contributed by atoms with E-state index in [2.05, 4.69) is 50.8 Å². The van der Waals surface area contributed by atoms with Crippen LogP contribution in [0, 0.1) is 0 Å². The first kappa shape index (κ1) is 35.0. The van der Waals surface area contributed by atoms with Crippen molar-refractivity contribution in [2.45, 2.75) is 32.6 Å². The van der Waals surface area contributed by atoms with E-state index in [-0.39, 0.29) is 24.0 Å². The van der Waals surface area contributed by atoms with Crippen LogP contribution in [0.4, 0.5) is 10.3 Å². The number of hydrogen-bond acceptors (Lipinski definition) is 17. The molecule has 4 aromatic rings. The molecule has 2 aliphatic rings. The average molecular weight is 687 g/mol. The number of anilines is 2. The lowest BCUT2D eigenvalue weighted by Gasteiger charge is -2.38. The van der Waals surface area contributed by atoms with Crippen molar-refractivity contribution in [2.24, 2.45) is 0 Å². The second-order valence-electron chi connectivity index (χ2n) is 9.81. The van der Waals surface area contributed by atoms with Crippen molar-refractivity contribution >= 4 is 51.0 Å². The number of carbonyl (C=O) groups excluding carboxylic acids is 3. The second kappa shape index (κ2) is 17.7. The Hall–Kier alpha value is -4.85. The minimum atomic E-state index is -0.184. The van der Waals surface area contributed by atoms with Crippen molar-refractivity contribution in [3.05, 3.63) is 46.9 Å². The zero-order valence-corrected chi connectivity index (χ0v) is 27.7. The molecule has 0 spiro atoms. The largest absolute Gasteiger partial charge is 0.481 e. The molecule has 0 atom stereocenters. The van der Waals surface area contributed by atoms with Crippen LogP contribution in [-0.4, -0.2) is 106 Å². The lowest BCUT2D eigenvalue weighted by Crippen LogP contribution is -2.53. The van der Waals surface area contributed by atoms with Gasteiger partial charge in [-0.25, -0.2) is 29.9 Å². The Balaban J connectivity index is 0.000000176. The number of likely N-dealkylation sites (tertiary alicyclic amines) is 1. The van der Waals surface area contributed by atoms with Gasteiger partial charge in [-0.3, -0.25) is 19.3 Å². The molecule has 6 rings (SSSR count). The molecule has 2 amide bonds. The SMILES string of the molecule is CC(=O)Nc1ncc(C=O)s1.COc1cc(OC2CN(Cc3cnc(NC(C)=O)s3)C2)ncn1.COc1cc(OC2CNC2)ncn1. The molecule has 0 aromatic carbocycles. The first-order chi connectivity index (χ1) is 22.7. The molecule has 47 heavy (non-hydrogen) atoms. The number of amides is 2.